The van der Waals surface area contributed by atoms with Gasteiger partial charge in [0.15, 0.2) is 9.84 Å². The highest BCUT2D eigenvalue weighted by atomic mass is 32.2. The van der Waals surface area contributed by atoms with Gasteiger partial charge in [-0.3, -0.25) is 4.79 Å². The van der Waals surface area contributed by atoms with Gasteiger partial charge in [0.25, 0.3) is 0 Å². The van der Waals surface area contributed by atoms with Crippen molar-refractivity contribution in [3.05, 3.63) is 24.3 Å². The maximum Gasteiger partial charge on any atom is 0.325 e. The number of nitrogens with zero attached hydrogens (tertiary/aromatic N) is 1. The molecule has 0 fully saturated rings. The summed E-state index contributed by atoms with van der Waals surface area (Å²) in [5, 5.41) is 0. The summed E-state index contributed by atoms with van der Waals surface area (Å²) in [6, 6.07) is 6.60. The van der Waals surface area contributed by atoms with Crippen molar-refractivity contribution in [3.63, 3.8) is 0 Å². The molecule has 0 amide bonds. The Kier molecular flexibility index (Phi) is 5.56. The Balaban J connectivity index is 2.96. The maximum atomic E-state index is 11.6. The third-order valence-electron chi connectivity index (χ3n) is 2.82. The fourth-order valence-electron chi connectivity index (χ4n) is 1.80. The van der Waals surface area contributed by atoms with E-state index in [1.165, 1.54) is 6.26 Å². The van der Waals surface area contributed by atoms with Crippen molar-refractivity contribution in [3.8, 4) is 0 Å². The molecule has 0 bridgehead atoms. The van der Waals surface area contributed by atoms with E-state index in [9.17, 15) is 13.2 Å². The molecular formula is C14H21NO4S. The molecule has 5 nitrogen and oxygen atoms in total. The number of sulfone groups is 1. The third-order valence-corrected chi connectivity index (χ3v) is 3.95. The highest BCUT2D eigenvalue weighted by Gasteiger charge is 2.16. The van der Waals surface area contributed by atoms with Gasteiger partial charge >= 0.3 is 5.97 Å². The molecule has 0 saturated heterocycles. The fraction of sp³-hybridized carbons (Fsp3) is 0.500. The minimum absolute atomic E-state index is 0.100. The molecule has 20 heavy (non-hydrogen) atoms. The van der Waals surface area contributed by atoms with Crippen molar-refractivity contribution in [2.24, 2.45) is 0 Å². The molecule has 6 heteroatoms. The van der Waals surface area contributed by atoms with Gasteiger partial charge in [-0.05, 0) is 45.0 Å². The lowest BCUT2D eigenvalue weighted by atomic mass is 10.2. The zero-order valence-corrected chi connectivity index (χ0v) is 13.1. The van der Waals surface area contributed by atoms with Crippen LogP contribution in [0.1, 0.15) is 20.8 Å². The first-order valence-corrected chi connectivity index (χ1v) is 8.37. The van der Waals surface area contributed by atoms with Crippen LogP contribution in [0.5, 0.6) is 0 Å². The molecule has 0 aliphatic heterocycles. The molecule has 0 spiro atoms. The number of ether oxygens (including phenoxy) is 1. The third kappa shape index (κ3) is 4.52. The predicted molar refractivity (Wildman–Crippen MR) is 78.7 cm³/mol. The molecule has 1 aromatic carbocycles. The van der Waals surface area contributed by atoms with E-state index in [0.717, 1.165) is 5.69 Å². The van der Waals surface area contributed by atoms with E-state index in [-0.39, 0.29) is 23.5 Å². The molecule has 0 saturated carbocycles. The minimum Gasteiger partial charge on any atom is -0.465 e. The average Bonchev–Trinajstić information content (AvgIpc) is 2.35. The van der Waals surface area contributed by atoms with Gasteiger partial charge in [-0.15, -0.1) is 0 Å². The van der Waals surface area contributed by atoms with E-state index >= 15 is 0 Å². The zero-order valence-electron chi connectivity index (χ0n) is 12.3. The van der Waals surface area contributed by atoms with Gasteiger partial charge in [-0.25, -0.2) is 8.42 Å². The Morgan fingerprint density at radius 2 is 1.80 bits per heavy atom. The van der Waals surface area contributed by atoms with Crippen molar-refractivity contribution < 1.29 is 17.9 Å². The molecule has 0 aromatic heterocycles. The van der Waals surface area contributed by atoms with Gasteiger partial charge < -0.3 is 9.64 Å². The van der Waals surface area contributed by atoms with Crippen LogP contribution in [-0.2, 0) is 19.4 Å². The monoisotopic (exact) mass is 299 g/mol. The molecule has 0 atom stereocenters. The van der Waals surface area contributed by atoms with Crippen molar-refractivity contribution in [2.45, 2.75) is 31.7 Å². The van der Waals surface area contributed by atoms with Crippen LogP contribution in [0.25, 0.3) is 0 Å². The van der Waals surface area contributed by atoms with Crippen molar-refractivity contribution in [1.29, 1.82) is 0 Å². The van der Waals surface area contributed by atoms with Crippen molar-refractivity contribution in [1.82, 2.24) is 0 Å². The molecule has 0 N–H and O–H groups in total. The summed E-state index contributed by atoms with van der Waals surface area (Å²) in [6.07, 6.45) is 1.17. The van der Waals surface area contributed by atoms with Gasteiger partial charge in [-0.2, -0.15) is 0 Å². The lowest BCUT2D eigenvalue weighted by Crippen LogP contribution is -2.36. The molecule has 112 valence electrons. The molecule has 0 radical (unpaired) electrons. The normalized spacial score (nSPS) is 11.4. The van der Waals surface area contributed by atoms with E-state index in [1.54, 1.807) is 31.2 Å². The summed E-state index contributed by atoms with van der Waals surface area (Å²) in [7, 11) is -3.21. The van der Waals surface area contributed by atoms with Gasteiger partial charge in [-0.1, -0.05) is 0 Å². The first kappa shape index (κ1) is 16.5. The SMILES string of the molecule is CCOC(=O)CN(c1ccc(S(C)(=O)=O)cc1)C(C)C. The number of carbonyl (C=O) groups excluding carboxylic acids is 1. The summed E-state index contributed by atoms with van der Waals surface area (Å²) in [4.78, 5) is 13.7. The quantitative estimate of drug-likeness (QED) is 0.750. The molecule has 0 unspecified atom stereocenters. The standard InChI is InChI=1S/C14H21NO4S/c1-5-19-14(16)10-15(11(2)3)12-6-8-13(9-7-12)20(4,17)18/h6-9,11H,5,10H2,1-4H3. The average molecular weight is 299 g/mol. The Hall–Kier alpha value is -1.56. The smallest absolute Gasteiger partial charge is 0.325 e. The highest BCUT2D eigenvalue weighted by Crippen LogP contribution is 2.20. The van der Waals surface area contributed by atoms with E-state index in [2.05, 4.69) is 0 Å². The molecular weight excluding hydrogens is 278 g/mol. The minimum atomic E-state index is -3.21. The van der Waals surface area contributed by atoms with Crippen LogP contribution < -0.4 is 4.90 Å². The second-order valence-electron chi connectivity index (χ2n) is 4.79. The van der Waals surface area contributed by atoms with Gasteiger partial charge in [0, 0.05) is 18.0 Å². The number of benzene rings is 1. The van der Waals surface area contributed by atoms with Crippen LogP contribution in [0.15, 0.2) is 29.2 Å². The number of rotatable bonds is 6. The van der Waals surface area contributed by atoms with E-state index in [1.807, 2.05) is 18.7 Å². The summed E-state index contributed by atoms with van der Waals surface area (Å²) >= 11 is 0. The zero-order chi connectivity index (χ0) is 15.3. The number of carbonyl (C=O) groups is 1. The van der Waals surface area contributed by atoms with Crippen molar-refractivity contribution in [2.75, 3.05) is 24.3 Å². The molecule has 0 aliphatic carbocycles. The fourth-order valence-corrected chi connectivity index (χ4v) is 2.43. The maximum absolute atomic E-state index is 11.6. The molecule has 1 rings (SSSR count). The lowest BCUT2D eigenvalue weighted by molar-refractivity contribution is -0.141. The number of esters is 1. The highest BCUT2D eigenvalue weighted by molar-refractivity contribution is 7.90. The summed E-state index contributed by atoms with van der Waals surface area (Å²) in [5.41, 5.74) is 0.792. The molecule has 1 aromatic rings. The first-order valence-electron chi connectivity index (χ1n) is 6.48. The van der Waals surface area contributed by atoms with E-state index in [4.69, 9.17) is 4.74 Å². The first-order chi connectivity index (χ1) is 9.25. The number of hydrogen-bond donors (Lipinski definition) is 0. The van der Waals surface area contributed by atoms with E-state index in [0.29, 0.717) is 6.61 Å². The van der Waals surface area contributed by atoms with Gasteiger partial charge in [0.1, 0.15) is 6.54 Å². The van der Waals surface area contributed by atoms with Crippen LogP contribution >= 0.6 is 0 Å². The summed E-state index contributed by atoms with van der Waals surface area (Å²) in [5.74, 6) is -0.298. The second kappa shape index (κ2) is 6.74. The summed E-state index contributed by atoms with van der Waals surface area (Å²) in [6.45, 7) is 6.17. The number of anilines is 1. The van der Waals surface area contributed by atoms with Crippen LogP contribution in [0.2, 0.25) is 0 Å². The number of hydrogen-bond acceptors (Lipinski definition) is 5. The Bertz CT molecular complexity index is 549. The van der Waals surface area contributed by atoms with Crippen LogP contribution in [0.3, 0.4) is 0 Å². The predicted octanol–water partition coefficient (Wildman–Crippen LogP) is 1.87. The lowest BCUT2D eigenvalue weighted by Gasteiger charge is -2.28. The molecule has 0 aliphatic rings. The van der Waals surface area contributed by atoms with Crippen LogP contribution in [-0.4, -0.2) is 39.8 Å². The Labute approximate surface area is 120 Å². The van der Waals surface area contributed by atoms with Crippen LogP contribution in [0, 0.1) is 0 Å². The molecule has 0 heterocycles. The topological polar surface area (TPSA) is 63.7 Å². The van der Waals surface area contributed by atoms with Gasteiger partial charge in [0.2, 0.25) is 0 Å². The van der Waals surface area contributed by atoms with Gasteiger partial charge in [0.05, 0.1) is 11.5 Å². The summed E-state index contributed by atoms with van der Waals surface area (Å²) < 4.78 is 27.8. The second-order valence-corrected chi connectivity index (χ2v) is 6.81. The van der Waals surface area contributed by atoms with Crippen LogP contribution in [0.4, 0.5) is 5.69 Å². The largest absolute Gasteiger partial charge is 0.465 e. The Morgan fingerprint density at radius 3 is 2.20 bits per heavy atom. The van der Waals surface area contributed by atoms with Crippen molar-refractivity contribution >= 4 is 21.5 Å². The van der Waals surface area contributed by atoms with E-state index < -0.39 is 9.84 Å². The Morgan fingerprint density at radius 1 is 1.25 bits per heavy atom.